The van der Waals surface area contributed by atoms with Gasteiger partial charge in [0.2, 0.25) is 5.91 Å². The summed E-state index contributed by atoms with van der Waals surface area (Å²) in [6.45, 7) is 2.03. The highest BCUT2D eigenvalue weighted by molar-refractivity contribution is 6.04. The molecule has 1 aliphatic heterocycles. The molecule has 0 aliphatic carbocycles. The molecule has 0 atom stereocenters. The summed E-state index contributed by atoms with van der Waals surface area (Å²) in [7, 11) is 0. The van der Waals surface area contributed by atoms with Crippen LogP contribution in [0.3, 0.4) is 0 Å². The van der Waals surface area contributed by atoms with E-state index in [4.69, 9.17) is 4.42 Å². The number of nitrogens with one attached hydrogen (secondary N) is 1. The Hall–Kier alpha value is -3.94. The van der Waals surface area contributed by atoms with E-state index >= 15 is 0 Å². The van der Waals surface area contributed by atoms with Crippen molar-refractivity contribution in [1.82, 2.24) is 0 Å². The lowest BCUT2D eigenvalue weighted by atomic mass is 10.1. The number of nitro benzene ring substituents is 1. The number of carbonyl (C=O) groups is 2. The fraction of sp³-hybridized carbons (Fsp3) is 0.182. The van der Waals surface area contributed by atoms with Gasteiger partial charge in [-0.3, -0.25) is 19.7 Å². The van der Waals surface area contributed by atoms with E-state index in [1.807, 2.05) is 31.2 Å². The Balaban J connectivity index is 1.55. The van der Waals surface area contributed by atoms with Gasteiger partial charge in [-0.15, -0.1) is 0 Å². The first kappa shape index (κ1) is 19.4. The summed E-state index contributed by atoms with van der Waals surface area (Å²) < 4.78 is 5.37. The van der Waals surface area contributed by atoms with Crippen molar-refractivity contribution in [3.8, 4) is 0 Å². The molecule has 0 spiro atoms. The molecular weight excluding hydrogens is 386 g/mol. The van der Waals surface area contributed by atoms with Gasteiger partial charge in [0.15, 0.2) is 5.76 Å². The lowest BCUT2D eigenvalue weighted by Crippen LogP contribution is -2.27. The number of benzene rings is 2. The average molecular weight is 405 g/mol. The van der Waals surface area contributed by atoms with E-state index in [2.05, 4.69) is 5.32 Å². The molecule has 1 aromatic heterocycles. The van der Waals surface area contributed by atoms with Gasteiger partial charge in [-0.05, 0) is 30.2 Å². The van der Waals surface area contributed by atoms with Crippen LogP contribution in [0, 0.1) is 10.1 Å². The van der Waals surface area contributed by atoms with Crippen molar-refractivity contribution in [2.45, 2.75) is 26.3 Å². The van der Waals surface area contributed by atoms with Gasteiger partial charge in [-0.2, -0.15) is 0 Å². The number of nitrogens with zero attached hydrogens (tertiary/aromatic N) is 2. The van der Waals surface area contributed by atoms with Crippen LogP contribution >= 0.6 is 0 Å². The maximum atomic E-state index is 12.8. The molecule has 1 aliphatic rings. The van der Waals surface area contributed by atoms with E-state index in [0.29, 0.717) is 29.7 Å². The van der Waals surface area contributed by atoms with Gasteiger partial charge < -0.3 is 14.6 Å². The zero-order valence-corrected chi connectivity index (χ0v) is 16.3. The van der Waals surface area contributed by atoms with E-state index in [-0.39, 0.29) is 23.9 Å². The number of carbonyl (C=O) groups excluding carboxylic acids is 2. The number of nitro groups is 1. The SMILES string of the molecule is CCc1ccc(NC(=O)c2occc2CN2C(=O)Cc3ccccc32)cc1[N+](=O)[O-]. The van der Waals surface area contributed by atoms with Crippen LogP contribution in [0.25, 0.3) is 0 Å². The second-order valence-electron chi connectivity index (χ2n) is 6.97. The van der Waals surface area contributed by atoms with Gasteiger partial charge in [0.25, 0.3) is 11.6 Å². The summed E-state index contributed by atoms with van der Waals surface area (Å²) in [5, 5.41) is 13.9. The lowest BCUT2D eigenvalue weighted by Gasteiger charge is -2.17. The van der Waals surface area contributed by atoms with Gasteiger partial charge in [0.05, 0.1) is 24.2 Å². The predicted octanol–water partition coefficient (Wildman–Crippen LogP) is 4.09. The molecule has 8 nitrogen and oxygen atoms in total. The fourth-order valence-electron chi connectivity index (χ4n) is 3.62. The van der Waals surface area contributed by atoms with Crippen LogP contribution < -0.4 is 10.2 Å². The van der Waals surface area contributed by atoms with Crippen molar-refractivity contribution >= 4 is 28.9 Å². The molecule has 8 heteroatoms. The molecule has 4 rings (SSSR count). The Labute approximate surface area is 172 Å². The predicted molar refractivity (Wildman–Crippen MR) is 110 cm³/mol. The van der Waals surface area contributed by atoms with E-state index in [1.54, 1.807) is 23.1 Å². The number of rotatable bonds is 6. The average Bonchev–Trinajstić information content (AvgIpc) is 3.32. The summed E-state index contributed by atoms with van der Waals surface area (Å²) in [5.41, 5.74) is 3.16. The standard InChI is InChI=1S/C22H19N3O5/c1-2-14-7-8-17(12-19(14)25(28)29)23-22(27)21-16(9-10-30-21)13-24-18-6-4-3-5-15(18)11-20(24)26/h3-10,12H,2,11,13H2,1H3,(H,23,27). The minimum absolute atomic E-state index is 0.0467. The van der Waals surface area contributed by atoms with Crippen LogP contribution in [0.1, 0.15) is 34.2 Å². The van der Waals surface area contributed by atoms with Crippen molar-refractivity contribution in [3.63, 3.8) is 0 Å². The first-order chi connectivity index (χ1) is 14.5. The first-order valence-electron chi connectivity index (χ1n) is 9.51. The van der Waals surface area contributed by atoms with Crippen molar-refractivity contribution in [3.05, 3.63) is 87.4 Å². The van der Waals surface area contributed by atoms with Gasteiger partial charge in [-0.1, -0.05) is 31.2 Å². The molecule has 3 aromatic rings. The van der Waals surface area contributed by atoms with Crippen LogP contribution in [0.15, 0.2) is 59.2 Å². The van der Waals surface area contributed by atoms with Crippen molar-refractivity contribution in [2.24, 2.45) is 0 Å². The normalized spacial score (nSPS) is 12.7. The third kappa shape index (κ3) is 3.55. The molecule has 1 N–H and O–H groups in total. The number of furan rings is 1. The number of para-hydroxylation sites is 1. The first-order valence-corrected chi connectivity index (χ1v) is 9.51. The molecule has 152 valence electrons. The lowest BCUT2D eigenvalue weighted by molar-refractivity contribution is -0.385. The Bertz CT molecular complexity index is 1150. The van der Waals surface area contributed by atoms with Crippen LogP contribution in [-0.2, 0) is 24.2 Å². The number of amides is 2. The van der Waals surface area contributed by atoms with Crippen LogP contribution in [-0.4, -0.2) is 16.7 Å². The highest BCUT2D eigenvalue weighted by atomic mass is 16.6. The minimum Gasteiger partial charge on any atom is -0.459 e. The highest BCUT2D eigenvalue weighted by Gasteiger charge is 2.29. The number of anilines is 2. The molecule has 0 unspecified atom stereocenters. The maximum Gasteiger partial charge on any atom is 0.291 e. The topological polar surface area (TPSA) is 106 Å². The Kier molecular flexibility index (Phi) is 5.05. The molecular formula is C22H19N3O5. The molecule has 0 bridgehead atoms. The van der Waals surface area contributed by atoms with E-state index in [1.165, 1.54) is 12.3 Å². The molecule has 0 radical (unpaired) electrons. The molecule has 2 aromatic carbocycles. The molecule has 2 amide bonds. The largest absolute Gasteiger partial charge is 0.459 e. The second kappa shape index (κ2) is 7.82. The van der Waals surface area contributed by atoms with Crippen LogP contribution in [0.5, 0.6) is 0 Å². The molecule has 0 saturated heterocycles. The Morgan fingerprint density at radius 3 is 2.77 bits per heavy atom. The van der Waals surface area contributed by atoms with Gasteiger partial charge in [-0.25, -0.2) is 0 Å². The van der Waals surface area contributed by atoms with Crippen molar-refractivity contribution in [2.75, 3.05) is 10.2 Å². The van der Waals surface area contributed by atoms with E-state index < -0.39 is 10.8 Å². The van der Waals surface area contributed by atoms with Gasteiger partial charge >= 0.3 is 0 Å². The maximum absolute atomic E-state index is 12.8. The summed E-state index contributed by atoms with van der Waals surface area (Å²) >= 11 is 0. The fourth-order valence-corrected chi connectivity index (χ4v) is 3.62. The van der Waals surface area contributed by atoms with E-state index in [0.717, 1.165) is 11.3 Å². The quantitative estimate of drug-likeness (QED) is 0.491. The minimum atomic E-state index is -0.534. The highest BCUT2D eigenvalue weighted by Crippen LogP contribution is 2.31. The third-order valence-electron chi connectivity index (χ3n) is 5.13. The van der Waals surface area contributed by atoms with Gasteiger partial charge in [0.1, 0.15) is 0 Å². The summed E-state index contributed by atoms with van der Waals surface area (Å²) in [4.78, 5) is 37.6. The van der Waals surface area contributed by atoms with Crippen molar-refractivity contribution in [1.29, 1.82) is 0 Å². The molecule has 0 fully saturated rings. The monoisotopic (exact) mass is 405 g/mol. The number of fused-ring (bicyclic) bond motifs is 1. The molecule has 0 saturated carbocycles. The Morgan fingerprint density at radius 1 is 1.20 bits per heavy atom. The number of aryl methyl sites for hydroxylation is 1. The van der Waals surface area contributed by atoms with Gasteiger partial charge in [0, 0.05) is 28.6 Å². The molecule has 30 heavy (non-hydrogen) atoms. The number of hydrogen-bond donors (Lipinski definition) is 1. The number of hydrogen-bond acceptors (Lipinski definition) is 5. The second-order valence-corrected chi connectivity index (χ2v) is 6.97. The van der Waals surface area contributed by atoms with Crippen LogP contribution in [0.2, 0.25) is 0 Å². The summed E-state index contributed by atoms with van der Waals surface area (Å²) in [6.07, 6.45) is 2.22. The third-order valence-corrected chi connectivity index (χ3v) is 5.13. The molecule has 2 heterocycles. The zero-order chi connectivity index (χ0) is 21.3. The van der Waals surface area contributed by atoms with E-state index in [9.17, 15) is 19.7 Å². The zero-order valence-electron chi connectivity index (χ0n) is 16.3. The Morgan fingerprint density at radius 2 is 2.00 bits per heavy atom. The summed E-state index contributed by atoms with van der Waals surface area (Å²) in [5.74, 6) is -0.516. The smallest absolute Gasteiger partial charge is 0.291 e. The van der Waals surface area contributed by atoms with Crippen molar-refractivity contribution < 1.29 is 18.9 Å². The summed E-state index contributed by atoms with van der Waals surface area (Å²) in [6, 6.07) is 13.7. The van der Waals surface area contributed by atoms with Crippen LogP contribution in [0.4, 0.5) is 17.1 Å².